The molecule has 1 atom stereocenters. The molecule has 6 rings (SSSR count). The van der Waals surface area contributed by atoms with Crippen LogP contribution < -0.4 is 0 Å². The SMILES string of the molecule is CN(C[C@@H](CCN1CCC(C(=O)c2nc3ccccc3n2Cc2ccc(F)cc2)CC1)c1ccc(Cl)c(Cl)c1)C(=O)c1ccccc1. The fourth-order valence-electron chi connectivity index (χ4n) is 6.48. The highest BCUT2D eigenvalue weighted by Gasteiger charge is 2.30. The van der Waals surface area contributed by atoms with Crippen LogP contribution in [0.25, 0.3) is 11.0 Å². The number of rotatable bonds is 11. The number of likely N-dealkylation sites (tertiary alicyclic amines) is 1. The van der Waals surface area contributed by atoms with Gasteiger partial charge in [0.25, 0.3) is 5.91 Å². The molecule has 1 fully saturated rings. The topological polar surface area (TPSA) is 58.4 Å². The van der Waals surface area contributed by atoms with Gasteiger partial charge in [0.1, 0.15) is 5.82 Å². The Morgan fingerprint density at radius 3 is 2.34 bits per heavy atom. The molecule has 0 spiro atoms. The fourth-order valence-corrected chi connectivity index (χ4v) is 6.79. The molecule has 0 bridgehead atoms. The number of fused-ring (bicyclic) bond motifs is 1. The smallest absolute Gasteiger partial charge is 0.253 e. The van der Waals surface area contributed by atoms with Crippen LogP contribution in [0.3, 0.4) is 0 Å². The van der Waals surface area contributed by atoms with Crippen LogP contribution in [0.5, 0.6) is 0 Å². The lowest BCUT2D eigenvalue weighted by molar-refractivity contribution is 0.0779. The maximum atomic E-state index is 13.9. The molecule has 4 aromatic carbocycles. The minimum Gasteiger partial charge on any atom is -0.341 e. The van der Waals surface area contributed by atoms with Gasteiger partial charge in [-0.15, -0.1) is 0 Å². The highest BCUT2D eigenvalue weighted by Crippen LogP contribution is 2.31. The van der Waals surface area contributed by atoms with Gasteiger partial charge in [0.15, 0.2) is 5.82 Å². The number of piperidine rings is 1. The predicted octanol–water partition coefficient (Wildman–Crippen LogP) is 8.37. The van der Waals surface area contributed by atoms with E-state index in [1.165, 1.54) is 12.1 Å². The molecular formula is C38H37Cl2FN4O2. The number of aromatic nitrogens is 2. The second-order valence-corrected chi connectivity index (χ2v) is 13.1. The second kappa shape index (κ2) is 14.8. The molecule has 2 heterocycles. The van der Waals surface area contributed by atoms with E-state index in [1.807, 2.05) is 84.4 Å². The van der Waals surface area contributed by atoms with Crippen LogP contribution >= 0.6 is 23.2 Å². The summed E-state index contributed by atoms with van der Waals surface area (Å²) < 4.78 is 15.5. The zero-order chi connectivity index (χ0) is 32.9. The first-order valence-corrected chi connectivity index (χ1v) is 16.7. The van der Waals surface area contributed by atoms with Crippen molar-refractivity contribution in [3.8, 4) is 0 Å². The largest absolute Gasteiger partial charge is 0.341 e. The third kappa shape index (κ3) is 7.75. The molecule has 0 N–H and O–H groups in total. The summed E-state index contributed by atoms with van der Waals surface area (Å²) in [6.07, 6.45) is 2.29. The molecule has 1 aromatic heterocycles. The van der Waals surface area contributed by atoms with Gasteiger partial charge in [-0.05, 0) is 98.6 Å². The molecule has 1 saturated heterocycles. The van der Waals surface area contributed by atoms with Crippen molar-refractivity contribution in [3.05, 3.63) is 135 Å². The van der Waals surface area contributed by atoms with Gasteiger partial charge in [0.2, 0.25) is 5.78 Å². The van der Waals surface area contributed by atoms with Crippen LogP contribution in [0.4, 0.5) is 4.39 Å². The quantitative estimate of drug-likeness (QED) is 0.133. The first-order chi connectivity index (χ1) is 22.8. The molecule has 0 radical (unpaired) electrons. The van der Waals surface area contributed by atoms with Crippen LogP contribution in [0, 0.1) is 11.7 Å². The summed E-state index contributed by atoms with van der Waals surface area (Å²) in [5.41, 5.74) is 4.27. The summed E-state index contributed by atoms with van der Waals surface area (Å²) in [6.45, 7) is 3.38. The Morgan fingerprint density at radius 1 is 0.915 bits per heavy atom. The Hall–Kier alpha value is -4.04. The second-order valence-electron chi connectivity index (χ2n) is 12.3. The number of likely N-dealkylation sites (N-methyl/N-ethyl adjacent to an activating group) is 1. The van der Waals surface area contributed by atoms with Crippen molar-refractivity contribution in [1.29, 1.82) is 0 Å². The molecule has 242 valence electrons. The van der Waals surface area contributed by atoms with Crippen molar-refractivity contribution < 1.29 is 14.0 Å². The van der Waals surface area contributed by atoms with Gasteiger partial charge in [-0.1, -0.05) is 71.7 Å². The Labute approximate surface area is 284 Å². The van der Waals surface area contributed by atoms with Gasteiger partial charge < -0.3 is 14.4 Å². The number of carbonyl (C=O) groups excluding carboxylic acids is 2. The number of ketones is 1. The number of hydrogen-bond donors (Lipinski definition) is 0. The van der Waals surface area contributed by atoms with E-state index in [4.69, 9.17) is 28.2 Å². The van der Waals surface area contributed by atoms with Crippen LogP contribution in [-0.2, 0) is 6.54 Å². The molecule has 47 heavy (non-hydrogen) atoms. The fraction of sp³-hybridized carbons (Fsp3) is 0.289. The summed E-state index contributed by atoms with van der Waals surface area (Å²) >= 11 is 12.6. The van der Waals surface area contributed by atoms with Gasteiger partial charge in [0.05, 0.1) is 21.1 Å². The van der Waals surface area contributed by atoms with Gasteiger partial charge >= 0.3 is 0 Å². The molecule has 1 aliphatic rings. The number of para-hydroxylation sites is 2. The number of Topliss-reactive ketones (excluding diaryl/α,β-unsaturated/α-hetero) is 1. The van der Waals surface area contributed by atoms with Gasteiger partial charge in [0, 0.05) is 37.5 Å². The molecule has 5 aromatic rings. The summed E-state index contributed by atoms with van der Waals surface area (Å²) in [6, 6.07) is 29.1. The first-order valence-electron chi connectivity index (χ1n) is 16.0. The normalized spacial score (nSPS) is 14.7. The molecule has 1 amide bonds. The van der Waals surface area contributed by atoms with Crippen LogP contribution in [-0.4, -0.2) is 64.3 Å². The van der Waals surface area contributed by atoms with E-state index in [1.54, 1.807) is 17.0 Å². The third-order valence-corrected chi connectivity index (χ3v) is 9.90. The Bertz CT molecular complexity index is 1850. The van der Waals surface area contributed by atoms with Crippen molar-refractivity contribution in [2.24, 2.45) is 5.92 Å². The van der Waals surface area contributed by atoms with Crippen molar-refractivity contribution in [2.45, 2.75) is 31.7 Å². The zero-order valence-electron chi connectivity index (χ0n) is 26.3. The highest BCUT2D eigenvalue weighted by molar-refractivity contribution is 6.42. The van der Waals surface area contributed by atoms with E-state index < -0.39 is 0 Å². The van der Waals surface area contributed by atoms with Gasteiger partial charge in [-0.3, -0.25) is 9.59 Å². The van der Waals surface area contributed by atoms with E-state index in [-0.39, 0.29) is 29.3 Å². The van der Waals surface area contributed by atoms with E-state index in [0.717, 1.165) is 61.1 Å². The minimum atomic E-state index is -0.289. The molecule has 0 unspecified atom stereocenters. The number of halogens is 3. The van der Waals surface area contributed by atoms with Crippen LogP contribution in [0.2, 0.25) is 10.0 Å². The number of nitrogens with zero attached hydrogens (tertiary/aromatic N) is 4. The zero-order valence-corrected chi connectivity index (χ0v) is 27.8. The summed E-state index contributed by atoms with van der Waals surface area (Å²) in [4.78, 5) is 36.0. The number of carbonyl (C=O) groups is 2. The number of amides is 1. The maximum Gasteiger partial charge on any atom is 0.253 e. The lowest BCUT2D eigenvalue weighted by Crippen LogP contribution is -2.38. The van der Waals surface area contributed by atoms with E-state index in [9.17, 15) is 14.0 Å². The van der Waals surface area contributed by atoms with Gasteiger partial charge in [-0.25, -0.2) is 9.37 Å². The standard InChI is InChI=1S/C38H37Cl2FN4O2/c1-43(38(47)28-7-3-2-4-8-28)25-30(29-13-16-32(39)33(40)23-29)19-22-44-20-17-27(18-21-44)36(46)37-42-34-9-5-6-10-35(34)45(37)24-26-11-14-31(41)15-12-26/h2-16,23,27,30H,17-22,24-25H2,1H3/t30-/m1/s1. The first kappa shape index (κ1) is 32.9. The molecule has 9 heteroatoms. The van der Waals surface area contributed by atoms with E-state index in [2.05, 4.69) is 4.90 Å². The van der Waals surface area contributed by atoms with E-state index in [0.29, 0.717) is 34.5 Å². The Kier molecular flexibility index (Phi) is 10.4. The van der Waals surface area contributed by atoms with Crippen molar-refractivity contribution in [3.63, 3.8) is 0 Å². The Balaban J connectivity index is 1.12. The lowest BCUT2D eigenvalue weighted by atomic mass is 9.90. The average Bonchev–Trinajstić information content (AvgIpc) is 3.46. The van der Waals surface area contributed by atoms with Crippen molar-refractivity contribution in [2.75, 3.05) is 33.2 Å². The highest BCUT2D eigenvalue weighted by atomic mass is 35.5. The number of benzene rings is 4. The maximum absolute atomic E-state index is 13.9. The van der Waals surface area contributed by atoms with Crippen LogP contribution in [0.15, 0.2) is 97.1 Å². The monoisotopic (exact) mass is 670 g/mol. The van der Waals surface area contributed by atoms with Gasteiger partial charge in [-0.2, -0.15) is 0 Å². The summed E-state index contributed by atoms with van der Waals surface area (Å²) in [5.74, 6) is 0.116. The van der Waals surface area contributed by atoms with Crippen LogP contribution in [0.1, 0.15) is 57.3 Å². The predicted molar refractivity (Wildman–Crippen MR) is 186 cm³/mol. The molecular weight excluding hydrogens is 634 g/mol. The van der Waals surface area contributed by atoms with E-state index >= 15 is 0 Å². The average molecular weight is 672 g/mol. The summed E-state index contributed by atoms with van der Waals surface area (Å²) in [7, 11) is 1.83. The molecule has 0 aliphatic carbocycles. The number of imidazole rings is 1. The molecule has 1 aliphatic heterocycles. The van der Waals surface area contributed by atoms with Crippen molar-refractivity contribution in [1.82, 2.24) is 19.4 Å². The molecule has 0 saturated carbocycles. The lowest BCUT2D eigenvalue weighted by Gasteiger charge is -2.33. The summed E-state index contributed by atoms with van der Waals surface area (Å²) in [5, 5.41) is 0.997. The third-order valence-electron chi connectivity index (χ3n) is 9.16. The Morgan fingerprint density at radius 2 is 1.62 bits per heavy atom. The number of hydrogen-bond acceptors (Lipinski definition) is 4. The minimum absolute atomic E-state index is 0.0274. The van der Waals surface area contributed by atoms with Crippen molar-refractivity contribution >= 4 is 45.9 Å². The molecule has 6 nitrogen and oxygen atoms in total.